The fourth-order valence-corrected chi connectivity index (χ4v) is 3.79. The van der Waals surface area contributed by atoms with Crippen molar-refractivity contribution in [3.63, 3.8) is 0 Å². The van der Waals surface area contributed by atoms with Crippen molar-refractivity contribution < 1.29 is 4.79 Å². The van der Waals surface area contributed by atoms with Gasteiger partial charge in [-0.25, -0.2) is 4.98 Å². The Bertz CT molecular complexity index is 904. The van der Waals surface area contributed by atoms with Gasteiger partial charge < -0.3 is 15.2 Å². The molecule has 134 valence electrons. The Balaban J connectivity index is 1.48. The maximum Gasteiger partial charge on any atom is 0.280 e. The van der Waals surface area contributed by atoms with Crippen molar-refractivity contribution in [1.29, 1.82) is 0 Å². The van der Waals surface area contributed by atoms with E-state index in [-0.39, 0.29) is 11.9 Å². The van der Waals surface area contributed by atoms with E-state index in [1.165, 1.54) is 11.3 Å². The lowest BCUT2D eigenvalue weighted by atomic mass is 10.2. The smallest absolute Gasteiger partial charge is 0.280 e. The number of amides is 1. The van der Waals surface area contributed by atoms with Crippen molar-refractivity contribution in [3.8, 4) is 11.3 Å². The molecule has 4 rings (SSSR count). The standard InChI is InChI=1S/C18H20N6OS/c1-12(16-23-22-15-7-8-19-9-10-24(15)16)20-17(25)18-21-14(11-26-18)13-5-3-2-4-6-13/h2-6,11-12,19H,7-10H2,1H3,(H,20,25)/t12-/m0/s1. The second-order valence-electron chi connectivity index (χ2n) is 6.23. The van der Waals surface area contributed by atoms with Gasteiger partial charge in [0.25, 0.3) is 5.91 Å². The molecule has 3 heterocycles. The first-order chi connectivity index (χ1) is 12.7. The van der Waals surface area contributed by atoms with Gasteiger partial charge in [0.1, 0.15) is 5.82 Å². The Morgan fingerprint density at radius 1 is 1.27 bits per heavy atom. The number of fused-ring (bicyclic) bond motifs is 1. The van der Waals surface area contributed by atoms with Crippen LogP contribution in [0, 0.1) is 0 Å². The topological polar surface area (TPSA) is 84.7 Å². The van der Waals surface area contributed by atoms with E-state index >= 15 is 0 Å². The largest absolute Gasteiger partial charge is 0.340 e. The van der Waals surface area contributed by atoms with E-state index in [9.17, 15) is 4.79 Å². The lowest BCUT2D eigenvalue weighted by molar-refractivity contribution is 0.0937. The highest BCUT2D eigenvalue weighted by Crippen LogP contribution is 2.22. The first kappa shape index (κ1) is 16.9. The van der Waals surface area contributed by atoms with Gasteiger partial charge in [-0.1, -0.05) is 30.3 Å². The molecule has 1 atom stereocenters. The molecule has 0 spiro atoms. The summed E-state index contributed by atoms with van der Waals surface area (Å²) in [6.45, 7) is 4.53. The maximum absolute atomic E-state index is 12.6. The summed E-state index contributed by atoms with van der Waals surface area (Å²) in [6, 6.07) is 9.62. The molecule has 0 saturated heterocycles. The molecule has 8 heteroatoms. The van der Waals surface area contributed by atoms with Crippen LogP contribution in [0.15, 0.2) is 35.7 Å². The van der Waals surface area contributed by atoms with E-state index in [1.54, 1.807) is 0 Å². The summed E-state index contributed by atoms with van der Waals surface area (Å²) in [5, 5.41) is 17.3. The number of thiazole rings is 1. The van der Waals surface area contributed by atoms with Gasteiger partial charge in [-0.3, -0.25) is 4.79 Å². The number of nitrogens with zero attached hydrogens (tertiary/aromatic N) is 4. The van der Waals surface area contributed by atoms with Crippen LogP contribution in [0.25, 0.3) is 11.3 Å². The van der Waals surface area contributed by atoms with Crippen molar-refractivity contribution in [3.05, 3.63) is 52.4 Å². The van der Waals surface area contributed by atoms with Crippen LogP contribution in [0.1, 0.15) is 34.4 Å². The Labute approximate surface area is 155 Å². The second-order valence-corrected chi connectivity index (χ2v) is 7.08. The van der Waals surface area contributed by atoms with E-state index in [2.05, 4.69) is 30.4 Å². The highest BCUT2D eigenvalue weighted by Gasteiger charge is 2.22. The van der Waals surface area contributed by atoms with Gasteiger partial charge in [0, 0.05) is 37.0 Å². The van der Waals surface area contributed by atoms with E-state index in [0.717, 1.165) is 49.0 Å². The maximum atomic E-state index is 12.6. The summed E-state index contributed by atoms with van der Waals surface area (Å²) in [6.07, 6.45) is 0.848. The average Bonchev–Trinajstić information content (AvgIpc) is 3.25. The number of carbonyl (C=O) groups excluding carboxylic acids is 1. The van der Waals surface area contributed by atoms with Crippen LogP contribution in [0.5, 0.6) is 0 Å². The van der Waals surface area contributed by atoms with E-state index in [4.69, 9.17) is 0 Å². The number of hydrogen-bond donors (Lipinski definition) is 2. The highest BCUT2D eigenvalue weighted by molar-refractivity contribution is 7.12. The predicted molar refractivity (Wildman–Crippen MR) is 100 cm³/mol. The molecule has 2 aromatic heterocycles. The predicted octanol–water partition coefficient (Wildman–Crippen LogP) is 2.04. The fraction of sp³-hybridized carbons (Fsp3) is 0.333. The summed E-state index contributed by atoms with van der Waals surface area (Å²) in [7, 11) is 0. The SMILES string of the molecule is C[C@H](NC(=O)c1nc(-c2ccccc2)cs1)c1nnc2n1CCNCC2. The molecule has 0 aliphatic carbocycles. The Kier molecular flexibility index (Phi) is 4.77. The molecular weight excluding hydrogens is 348 g/mol. The first-order valence-electron chi connectivity index (χ1n) is 8.67. The zero-order valence-electron chi connectivity index (χ0n) is 14.5. The van der Waals surface area contributed by atoms with Crippen LogP contribution in [0.3, 0.4) is 0 Å². The lowest BCUT2D eigenvalue weighted by Gasteiger charge is -2.14. The summed E-state index contributed by atoms with van der Waals surface area (Å²) >= 11 is 1.35. The average molecular weight is 368 g/mol. The van der Waals surface area contributed by atoms with Crippen LogP contribution < -0.4 is 10.6 Å². The van der Waals surface area contributed by atoms with Crippen molar-refractivity contribution in [2.24, 2.45) is 0 Å². The third-order valence-electron chi connectivity index (χ3n) is 4.40. The van der Waals surface area contributed by atoms with Gasteiger partial charge in [0.15, 0.2) is 10.8 Å². The van der Waals surface area contributed by atoms with Crippen LogP contribution in [-0.2, 0) is 13.0 Å². The molecule has 0 fully saturated rings. The van der Waals surface area contributed by atoms with Crippen molar-refractivity contribution in [2.75, 3.05) is 13.1 Å². The molecule has 1 aromatic carbocycles. The third-order valence-corrected chi connectivity index (χ3v) is 5.24. The molecule has 3 aromatic rings. The van der Waals surface area contributed by atoms with E-state index in [0.29, 0.717) is 5.01 Å². The highest BCUT2D eigenvalue weighted by atomic mass is 32.1. The van der Waals surface area contributed by atoms with Gasteiger partial charge in [-0.05, 0) is 6.92 Å². The monoisotopic (exact) mass is 368 g/mol. The molecule has 0 radical (unpaired) electrons. The lowest BCUT2D eigenvalue weighted by Crippen LogP contribution is -2.29. The molecule has 1 aliphatic rings. The van der Waals surface area contributed by atoms with Gasteiger partial charge in [-0.15, -0.1) is 21.5 Å². The third kappa shape index (κ3) is 3.38. The zero-order chi connectivity index (χ0) is 17.9. The molecule has 2 N–H and O–H groups in total. The van der Waals surface area contributed by atoms with Crippen molar-refractivity contribution in [1.82, 2.24) is 30.4 Å². The van der Waals surface area contributed by atoms with Gasteiger partial charge >= 0.3 is 0 Å². The molecule has 0 saturated carbocycles. The quantitative estimate of drug-likeness (QED) is 0.736. The minimum absolute atomic E-state index is 0.186. The fourth-order valence-electron chi connectivity index (χ4n) is 3.06. The van der Waals surface area contributed by atoms with Crippen molar-refractivity contribution >= 4 is 17.2 Å². The minimum atomic E-state index is -0.231. The van der Waals surface area contributed by atoms with Crippen LogP contribution in [-0.4, -0.2) is 38.7 Å². The number of aromatic nitrogens is 4. The Morgan fingerprint density at radius 2 is 2.12 bits per heavy atom. The number of benzene rings is 1. The molecule has 1 aliphatic heterocycles. The molecule has 7 nitrogen and oxygen atoms in total. The van der Waals surface area contributed by atoms with Crippen molar-refractivity contribution in [2.45, 2.75) is 25.9 Å². The normalized spacial score (nSPS) is 15.1. The van der Waals surface area contributed by atoms with Gasteiger partial charge in [0.05, 0.1) is 11.7 Å². The molecule has 0 bridgehead atoms. The minimum Gasteiger partial charge on any atom is -0.340 e. The van der Waals surface area contributed by atoms with E-state index in [1.807, 2.05) is 42.6 Å². The van der Waals surface area contributed by atoms with Gasteiger partial charge in [-0.2, -0.15) is 0 Å². The number of hydrogen-bond acceptors (Lipinski definition) is 6. The number of carbonyl (C=O) groups is 1. The summed E-state index contributed by atoms with van der Waals surface area (Å²) < 4.78 is 2.10. The molecule has 1 amide bonds. The van der Waals surface area contributed by atoms with Crippen LogP contribution in [0.2, 0.25) is 0 Å². The number of nitrogens with one attached hydrogen (secondary N) is 2. The summed E-state index contributed by atoms with van der Waals surface area (Å²) in [4.78, 5) is 17.1. The molecule has 26 heavy (non-hydrogen) atoms. The Hall–Kier alpha value is -2.58. The van der Waals surface area contributed by atoms with Crippen LogP contribution in [0.4, 0.5) is 0 Å². The summed E-state index contributed by atoms with van der Waals surface area (Å²) in [5.41, 5.74) is 1.82. The van der Waals surface area contributed by atoms with Crippen LogP contribution >= 0.6 is 11.3 Å². The molecular formula is C18H20N6OS. The van der Waals surface area contributed by atoms with Gasteiger partial charge in [0.2, 0.25) is 0 Å². The second kappa shape index (κ2) is 7.35. The summed E-state index contributed by atoms with van der Waals surface area (Å²) in [5.74, 6) is 1.57. The number of rotatable bonds is 4. The molecule has 0 unspecified atom stereocenters. The zero-order valence-corrected chi connectivity index (χ0v) is 15.3. The Morgan fingerprint density at radius 3 is 2.96 bits per heavy atom. The first-order valence-corrected chi connectivity index (χ1v) is 9.55. The van der Waals surface area contributed by atoms with E-state index < -0.39 is 0 Å².